The lowest BCUT2D eigenvalue weighted by Gasteiger charge is -2.11. The minimum atomic E-state index is -0.332. The van der Waals surface area contributed by atoms with Gasteiger partial charge in [0.2, 0.25) is 0 Å². The fraction of sp³-hybridized carbons (Fsp3) is 0.100. The lowest BCUT2D eigenvalue weighted by Crippen LogP contribution is -2.13. The van der Waals surface area contributed by atoms with Crippen LogP contribution in [-0.2, 0) is 0 Å². The molecule has 0 aliphatic carbocycles. The summed E-state index contributed by atoms with van der Waals surface area (Å²) in [5, 5.41) is 5.94. The van der Waals surface area contributed by atoms with E-state index in [9.17, 15) is 9.18 Å². The van der Waals surface area contributed by atoms with Gasteiger partial charge in [-0.2, -0.15) is 0 Å². The first kappa shape index (κ1) is 16.6. The molecule has 1 amide bonds. The molecule has 2 aromatic carbocycles. The predicted molar refractivity (Wildman–Crippen MR) is 97.8 cm³/mol. The zero-order chi connectivity index (χ0) is 17.8. The summed E-state index contributed by atoms with van der Waals surface area (Å²) < 4.78 is 13.3. The van der Waals surface area contributed by atoms with Crippen molar-refractivity contribution in [1.29, 1.82) is 0 Å². The van der Waals surface area contributed by atoms with Crippen LogP contribution in [0.1, 0.15) is 21.5 Å². The van der Waals surface area contributed by atoms with Crippen LogP contribution in [0.3, 0.4) is 0 Å². The number of carbonyl (C=O) groups excluding carboxylic acids is 1. The Balaban J connectivity index is 1.78. The maximum absolute atomic E-state index is 13.3. The zero-order valence-electron chi connectivity index (χ0n) is 14.0. The number of anilines is 3. The third kappa shape index (κ3) is 4.20. The number of pyridine rings is 1. The normalized spacial score (nSPS) is 10.4. The number of amides is 1. The fourth-order valence-electron chi connectivity index (χ4n) is 2.43. The molecule has 126 valence electrons. The molecule has 0 aliphatic heterocycles. The van der Waals surface area contributed by atoms with Crippen LogP contribution in [-0.4, -0.2) is 10.9 Å². The van der Waals surface area contributed by atoms with Gasteiger partial charge in [-0.3, -0.25) is 9.78 Å². The van der Waals surface area contributed by atoms with E-state index in [0.29, 0.717) is 16.9 Å². The molecular weight excluding hydrogens is 317 g/mol. The molecule has 0 spiro atoms. The quantitative estimate of drug-likeness (QED) is 0.718. The Morgan fingerprint density at radius 3 is 2.64 bits per heavy atom. The van der Waals surface area contributed by atoms with Crippen molar-refractivity contribution in [1.82, 2.24) is 4.98 Å². The molecule has 3 rings (SSSR count). The van der Waals surface area contributed by atoms with E-state index in [-0.39, 0.29) is 11.7 Å². The first-order valence-corrected chi connectivity index (χ1v) is 7.87. The summed E-state index contributed by atoms with van der Waals surface area (Å²) in [5.41, 5.74) is 4.45. The second-order valence-corrected chi connectivity index (χ2v) is 5.87. The number of aryl methyl sites for hydroxylation is 2. The second-order valence-electron chi connectivity index (χ2n) is 5.87. The number of hydrogen-bond acceptors (Lipinski definition) is 3. The SMILES string of the molecule is Cc1ccc(C)c(NC(=O)c2cncc(Nc3cccc(F)c3)c2)c1. The molecule has 0 radical (unpaired) electrons. The van der Waals surface area contributed by atoms with Gasteiger partial charge < -0.3 is 10.6 Å². The monoisotopic (exact) mass is 335 g/mol. The molecule has 0 unspecified atom stereocenters. The van der Waals surface area contributed by atoms with Crippen LogP contribution < -0.4 is 10.6 Å². The van der Waals surface area contributed by atoms with Gasteiger partial charge >= 0.3 is 0 Å². The van der Waals surface area contributed by atoms with E-state index in [1.807, 2.05) is 32.0 Å². The average molecular weight is 335 g/mol. The van der Waals surface area contributed by atoms with Crippen LogP contribution in [0.2, 0.25) is 0 Å². The number of rotatable bonds is 4. The molecule has 5 heteroatoms. The summed E-state index contributed by atoms with van der Waals surface area (Å²) in [7, 11) is 0. The van der Waals surface area contributed by atoms with Gasteiger partial charge in [-0.15, -0.1) is 0 Å². The Labute approximate surface area is 145 Å². The van der Waals surface area contributed by atoms with Crippen molar-refractivity contribution in [3.8, 4) is 0 Å². The third-order valence-corrected chi connectivity index (χ3v) is 3.76. The minimum absolute atomic E-state index is 0.246. The number of nitrogens with zero attached hydrogens (tertiary/aromatic N) is 1. The topological polar surface area (TPSA) is 54.0 Å². The van der Waals surface area contributed by atoms with Crippen molar-refractivity contribution >= 4 is 23.0 Å². The number of benzene rings is 2. The van der Waals surface area contributed by atoms with Crippen LogP contribution >= 0.6 is 0 Å². The molecule has 0 atom stereocenters. The van der Waals surface area contributed by atoms with E-state index in [1.165, 1.54) is 18.3 Å². The van der Waals surface area contributed by atoms with Crippen LogP contribution in [0, 0.1) is 19.7 Å². The van der Waals surface area contributed by atoms with Crippen molar-refractivity contribution in [2.24, 2.45) is 0 Å². The molecule has 3 aromatic rings. The highest BCUT2D eigenvalue weighted by atomic mass is 19.1. The molecular formula is C20H18FN3O. The van der Waals surface area contributed by atoms with E-state index in [1.54, 1.807) is 24.4 Å². The van der Waals surface area contributed by atoms with Crippen molar-refractivity contribution < 1.29 is 9.18 Å². The van der Waals surface area contributed by atoms with Gasteiger partial charge in [0.25, 0.3) is 5.91 Å². The number of aromatic nitrogens is 1. The molecule has 4 nitrogen and oxygen atoms in total. The maximum Gasteiger partial charge on any atom is 0.257 e. The Morgan fingerprint density at radius 2 is 1.84 bits per heavy atom. The predicted octanol–water partition coefficient (Wildman–Crippen LogP) is 4.83. The van der Waals surface area contributed by atoms with E-state index < -0.39 is 0 Å². The highest BCUT2D eigenvalue weighted by Crippen LogP contribution is 2.20. The Bertz CT molecular complexity index is 924. The summed E-state index contributed by atoms with van der Waals surface area (Å²) in [5.74, 6) is -0.578. The number of carbonyl (C=O) groups is 1. The summed E-state index contributed by atoms with van der Waals surface area (Å²) in [6, 6.07) is 13.7. The number of nitrogens with one attached hydrogen (secondary N) is 2. The molecule has 0 bridgehead atoms. The fourth-order valence-corrected chi connectivity index (χ4v) is 2.43. The first-order chi connectivity index (χ1) is 12.0. The van der Waals surface area contributed by atoms with Crippen LogP contribution in [0.5, 0.6) is 0 Å². The second kappa shape index (κ2) is 7.13. The van der Waals surface area contributed by atoms with Crippen LogP contribution in [0.4, 0.5) is 21.5 Å². The van der Waals surface area contributed by atoms with Gasteiger partial charge in [0.1, 0.15) is 5.82 Å². The van der Waals surface area contributed by atoms with Crippen LogP contribution in [0.25, 0.3) is 0 Å². The lowest BCUT2D eigenvalue weighted by molar-refractivity contribution is 0.102. The Kier molecular flexibility index (Phi) is 4.75. The number of hydrogen-bond donors (Lipinski definition) is 2. The van der Waals surface area contributed by atoms with Gasteiger partial charge in [-0.25, -0.2) is 4.39 Å². The molecule has 1 aromatic heterocycles. The van der Waals surface area contributed by atoms with Crippen LogP contribution in [0.15, 0.2) is 60.9 Å². The summed E-state index contributed by atoms with van der Waals surface area (Å²) in [6.07, 6.45) is 3.08. The maximum atomic E-state index is 13.3. The van der Waals surface area contributed by atoms with Gasteiger partial charge in [-0.05, 0) is 55.3 Å². The summed E-state index contributed by atoms with van der Waals surface area (Å²) >= 11 is 0. The minimum Gasteiger partial charge on any atom is -0.354 e. The Morgan fingerprint density at radius 1 is 1.00 bits per heavy atom. The van der Waals surface area contributed by atoms with Gasteiger partial charge in [0.05, 0.1) is 17.4 Å². The van der Waals surface area contributed by atoms with Gasteiger partial charge in [0, 0.05) is 17.6 Å². The van der Waals surface area contributed by atoms with Crippen molar-refractivity contribution in [2.45, 2.75) is 13.8 Å². The van der Waals surface area contributed by atoms with Crippen molar-refractivity contribution in [3.63, 3.8) is 0 Å². The summed E-state index contributed by atoms with van der Waals surface area (Å²) in [6.45, 7) is 3.91. The standard InChI is InChI=1S/C20H18FN3O/c1-13-6-7-14(2)19(8-13)24-20(25)15-9-18(12-22-11-15)23-17-5-3-4-16(21)10-17/h3-12,23H,1-2H3,(H,24,25). The highest BCUT2D eigenvalue weighted by Gasteiger charge is 2.09. The van der Waals surface area contributed by atoms with E-state index in [4.69, 9.17) is 0 Å². The van der Waals surface area contributed by atoms with E-state index in [0.717, 1.165) is 16.8 Å². The van der Waals surface area contributed by atoms with Crippen molar-refractivity contribution in [3.05, 3.63) is 83.4 Å². The molecule has 0 saturated carbocycles. The molecule has 0 saturated heterocycles. The molecule has 0 fully saturated rings. The zero-order valence-corrected chi connectivity index (χ0v) is 14.0. The smallest absolute Gasteiger partial charge is 0.257 e. The van der Waals surface area contributed by atoms with E-state index in [2.05, 4.69) is 15.6 Å². The number of halogens is 1. The van der Waals surface area contributed by atoms with E-state index >= 15 is 0 Å². The van der Waals surface area contributed by atoms with Crippen molar-refractivity contribution in [2.75, 3.05) is 10.6 Å². The van der Waals surface area contributed by atoms with Gasteiger partial charge in [-0.1, -0.05) is 18.2 Å². The molecule has 25 heavy (non-hydrogen) atoms. The highest BCUT2D eigenvalue weighted by molar-refractivity contribution is 6.05. The van der Waals surface area contributed by atoms with Gasteiger partial charge in [0.15, 0.2) is 0 Å². The average Bonchev–Trinajstić information content (AvgIpc) is 2.58. The Hall–Kier alpha value is -3.21. The summed E-state index contributed by atoms with van der Waals surface area (Å²) in [4.78, 5) is 16.6. The third-order valence-electron chi connectivity index (χ3n) is 3.76. The first-order valence-electron chi connectivity index (χ1n) is 7.87. The molecule has 2 N–H and O–H groups in total. The molecule has 0 aliphatic rings. The molecule has 1 heterocycles. The largest absolute Gasteiger partial charge is 0.354 e. The lowest BCUT2D eigenvalue weighted by atomic mass is 10.1.